The van der Waals surface area contributed by atoms with Crippen molar-refractivity contribution in [2.75, 3.05) is 18.5 Å². The third kappa shape index (κ3) is 4.75. The molecule has 2 aromatic carbocycles. The van der Waals surface area contributed by atoms with E-state index in [1.54, 1.807) is 13.1 Å². The van der Waals surface area contributed by atoms with E-state index in [0.717, 1.165) is 24.1 Å². The molecule has 1 aliphatic heterocycles. The zero-order chi connectivity index (χ0) is 23.5. The lowest BCUT2D eigenvalue weighted by atomic mass is 9.99. The van der Waals surface area contributed by atoms with Crippen LogP contribution in [-0.4, -0.2) is 34.9 Å². The Hall–Kier alpha value is -3.67. The lowest BCUT2D eigenvalue weighted by Gasteiger charge is -2.26. The number of amides is 2. The van der Waals surface area contributed by atoms with Crippen molar-refractivity contribution < 1.29 is 9.59 Å². The molecule has 0 radical (unpaired) electrons. The average Bonchev–Trinajstić information content (AvgIpc) is 3.31. The molecular formula is C27H29N3O3. The van der Waals surface area contributed by atoms with Crippen molar-refractivity contribution in [2.45, 2.75) is 39.3 Å². The number of carbonyl (C=O) groups is 2. The number of benzene rings is 2. The first-order chi connectivity index (χ1) is 15.8. The first-order valence-electron chi connectivity index (χ1n) is 11.3. The first kappa shape index (κ1) is 22.5. The molecule has 4 rings (SSSR count). The Kier molecular flexibility index (Phi) is 6.45. The average molecular weight is 444 g/mol. The van der Waals surface area contributed by atoms with E-state index in [1.165, 1.54) is 32.9 Å². The molecule has 0 spiro atoms. The molecular weight excluding hydrogens is 414 g/mol. The number of aryl methyl sites for hydroxylation is 2. The van der Waals surface area contributed by atoms with E-state index in [4.69, 9.17) is 0 Å². The summed E-state index contributed by atoms with van der Waals surface area (Å²) in [4.78, 5) is 42.0. The number of aromatic nitrogens is 1. The van der Waals surface area contributed by atoms with Crippen LogP contribution in [-0.2, 0) is 11.3 Å². The van der Waals surface area contributed by atoms with Crippen LogP contribution in [0.15, 0.2) is 71.7 Å². The molecule has 6 nitrogen and oxygen atoms in total. The van der Waals surface area contributed by atoms with Gasteiger partial charge in [0.05, 0.1) is 11.6 Å². The van der Waals surface area contributed by atoms with E-state index in [9.17, 15) is 14.4 Å². The normalized spacial score (nSPS) is 15.5. The Labute approximate surface area is 194 Å². The Bertz CT molecular complexity index is 1230. The van der Waals surface area contributed by atoms with Gasteiger partial charge < -0.3 is 14.4 Å². The van der Waals surface area contributed by atoms with Crippen molar-refractivity contribution in [3.63, 3.8) is 0 Å². The maximum absolute atomic E-state index is 13.4. The molecule has 3 aromatic rings. The maximum atomic E-state index is 13.4. The van der Waals surface area contributed by atoms with Gasteiger partial charge >= 0.3 is 0 Å². The minimum atomic E-state index is -0.312. The number of carbonyl (C=O) groups excluding carboxylic acids is 2. The van der Waals surface area contributed by atoms with E-state index in [-0.39, 0.29) is 30.0 Å². The number of nitrogens with zero attached hydrogens (tertiary/aromatic N) is 3. The molecule has 1 aliphatic rings. The van der Waals surface area contributed by atoms with Crippen molar-refractivity contribution in [2.24, 2.45) is 0 Å². The minimum absolute atomic E-state index is 0.0167. The van der Waals surface area contributed by atoms with Crippen LogP contribution in [0.5, 0.6) is 0 Å². The highest BCUT2D eigenvalue weighted by molar-refractivity contribution is 5.95. The molecule has 170 valence electrons. The molecule has 0 aliphatic carbocycles. The van der Waals surface area contributed by atoms with E-state index >= 15 is 0 Å². The van der Waals surface area contributed by atoms with Gasteiger partial charge in [-0.1, -0.05) is 36.4 Å². The lowest BCUT2D eigenvalue weighted by Crippen LogP contribution is -2.35. The highest BCUT2D eigenvalue weighted by atomic mass is 16.2. The second-order valence-electron chi connectivity index (χ2n) is 8.67. The van der Waals surface area contributed by atoms with Crippen LogP contribution in [0.4, 0.5) is 5.69 Å². The molecule has 0 N–H and O–H groups in total. The van der Waals surface area contributed by atoms with Crippen LogP contribution in [0, 0.1) is 13.8 Å². The zero-order valence-electron chi connectivity index (χ0n) is 19.3. The number of rotatable bonds is 5. The molecule has 0 saturated carbocycles. The minimum Gasteiger partial charge on any atom is -0.332 e. The molecule has 6 heteroatoms. The standard InChI is InChI=1S/C27H29N3O3/c1-19-11-12-21(16-20(19)2)24-10-7-15-30(24)27(33)22-13-14-25(31)29(17-22)18-26(32)28(3)23-8-5-4-6-9-23/h4-6,8-9,11-14,16-17,24H,7,10,15,18H2,1-3H3/t24-/m1/s1. The van der Waals surface area contributed by atoms with Crippen molar-refractivity contribution in [3.8, 4) is 0 Å². The van der Waals surface area contributed by atoms with E-state index in [0.29, 0.717) is 12.1 Å². The van der Waals surface area contributed by atoms with E-state index in [2.05, 4.69) is 32.0 Å². The summed E-state index contributed by atoms with van der Waals surface area (Å²) in [6.45, 7) is 4.70. The monoisotopic (exact) mass is 443 g/mol. The largest absolute Gasteiger partial charge is 0.332 e. The second kappa shape index (κ2) is 9.45. The molecule has 0 bridgehead atoms. The van der Waals surface area contributed by atoms with Gasteiger partial charge in [-0.3, -0.25) is 14.4 Å². The highest BCUT2D eigenvalue weighted by Crippen LogP contribution is 2.33. The number of likely N-dealkylation sites (tertiary alicyclic amines) is 1. The predicted octanol–water partition coefficient (Wildman–Crippen LogP) is 4.11. The van der Waals surface area contributed by atoms with Crippen LogP contribution in [0.3, 0.4) is 0 Å². The lowest BCUT2D eigenvalue weighted by molar-refractivity contribution is -0.118. The molecule has 1 aromatic heterocycles. The number of para-hydroxylation sites is 1. The third-order valence-electron chi connectivity index (χ3n) is 6.48. The van der Waals surface area contributed by atoms with Gasteiger partial charge in [-0.15, -0.1) is 0 Å². The van der Waals surface area contributed by atoms with Crippen LogP contribution < -0.4 is 10.5 Å². The maximum Gasteiger partial charge on any atom is 0.255 e. The number of likely N-dealkylation sites (N-methyl/N-ethyl adjacent to an activating group) is 1. The SMILES string of the molecule is Cc1ccc([C@H]2CCCN2C(=O)c2ccc(=O)n(CC(=O)N(C)c3ccccc3)c2)cc1C. The predicted molar refractivity (Wildman–Crippen MR) is 129 cm³/mol. The van der Waals surface area contributed by atoms with Gasteiger partial charge in [0.2, 0.25) is 5.91 Å². The Morgan fingerprint density at radius 3 is 2.48 bits per heavy atom. The van der Waals surface area contributed by atoms with Crippen molar-refractivity contribution >= 4 is 17.5 Å². The molecule has 1 fully saturated rings. The molecule has 2 heterocycles. The smallest absolute Gasteiger partial charge is 0.255 e. The molecule has 2 amide bonds. The molecule has 1 atom stereocenters. The summed E-state index contributed by atoms with van der Waals surface area (Å²) < 4.78 is 1.32. The summed E-state index contributed by atoms with van der Waals surface area (Å²) in [6.07, 6.45) is 3.36. The fraction of sp³-hybridized carbons (Fsp3) is 0.296. The van der Waals surface area contributed by atoms with Gasteiger partial charge in [-0.2, -0.15) is 0 Å². The number of hydrogen-bond acceptors (Lipinski definition) is 3. The zero-order valence-corrected chi connectivity index (χ0v) is 19.3. The van der Waals surface area contributed by atoms with Crippen molar-refractivity contribution in [3.05, 3.63) is 99.5 Å². The van der Waals surface area contributed by atoms with Gasteiger partial charge in [0, 0.05) is 31.5 Å². The van der Waals surface area contributed by atoms with Crippen LogP contribution in [0.2, 0.25) is 0 Å². The molecule has 1 saturated heterocycles. The van der Waals surface area contributed by atoms with Crippen molar-refractivity contribution in [1.29, 1.82) is 0 Å². The quantitative estimate of drug-likeness (QED) is 0.596. The second-order valence-corrected chi connectivity index (χ2v) is 8.67. The van der Waals surface area contributed by atoms with Gasteiger partial charge in [-0.25, -0.2) is 0 Å². The third-order valence-corrected chi connectivity index (χ3v) is 6.48. The van der Waals surface area contributed by atoms with Crippen LogP contribution in [0.1, 0.15) is 45.9 Å². The van der Waals surface area contributed by atoms with Crippen LogP contribution in [0.25, 0.3) is 0 Å². The molecule has 33 heavy (non-hydrogen) atoms. The van der Waals surface area contributed by atoms with Gasteiger partial charge in [0.25, 0.3) is 11.5 Å². The number of anilines is 1. The van der Waals surface area contributed by atoms with E-state index in [1.807, 2.05) is 35.2 Å². The summed E-state index contributed by atoms with van der Waals surface area (Å²) in [5, 5.41) is 0. The first-order valence-corrected chi connectivity index (χ1v) is 11.3. The fourth-order valence-electron chi connectivity index (χ4n) is 4.32. The Balaban J connectivity index is 1.55. The Morgan fingerprint density at radius 1 is 1.00 bits per heavy atom. The number of pyridine rings is 1. The van der Waals surface area contributed by atoms with Gasteiger partial charge in [0.1, 0.15) is 6.54 Å². The summed E-state index contributed by atoms with van der Waals surface area (Å²) in [5.74, 6) is -0.351. The number of hydrogen-bond donors (Lipinski definition) is 0. The Morgan fingerprint density at radius 2 is 1.76 bits per heavy atom. The summed E-state index contributed by atoms with van der Waals surface area (Å²) in [7, 11) is 1.68. The molecule has 0 unspecified atom stereocenters. The van der Waals surface area contributed by atoms with Crippen molar-refractivity contribution in [1.82, 2.24) is 9.47 Å². The summed E-state index contributed by atoms with van der Waals surface area (Å²) >= 11 is 0. The van der Waals surface area contributed by atoms with E-state index < -0.39 is 0 Å². The fourth-order valence-corrected chi connectivity index (χ4v) is 4.32. The van der Waals surface area contributed by atoms with Gasteiger partial charge in [0.15, 0.2) is 0 Å². The highest BCUT2D eigenvalue weighted by Gasteiger charge is 2.31. The topological polar surface area (TPSA) is 62.6 Å². The van der Waals surface area contributed by atoms with Crippen LogP contribution >= 0.6 is 0 Å². The van der Waals surface area contributed by atoms with Gasteiger partial charge in [-0.05, 0) is 61.6 Å². The summed E-state index contributed by atoms with van der Waals surface area (Å²) in [6, 6.07) is 18.5. The summed E-state index contributed by atoms with van der Waals surface area (Å²) in [5.41, 5.74) is 4.43.